The van der Waals surface area contributed by atoms with Crippen LogP contribution in [-0.4, -0.2) is 12.6 Å². The van der Waals surface area contributed by atoms with Crippen LogP contribution in [0.4, 0.5) is 4.39 Å². The quantitative estimate of drug-likeness (QED) is 0.873. The van der Waals surface area contributed by atoms with Gasteiger partial charge in [0.25, 0.3) is 0 Å². The number of benzene rings is 1. The van der Waals surface area contributed by atoms with Crippen molar-refractivity contribution in [3.63, 3.8) is 0 Å². The largest absolute Gasteiger partial charge is 0.492 e. The number of fused-ring (bicyclic) bond motifs is 1. The predicted molar refractivity (Wildman–Crippen MR) is 67.2 cm³/mol. The Labute approximate surface area is 106 Å². The van der Waals surface area contributed by atoms with E-state index in [1.165, 1.54) is 12.1 Å². The molecule has 2 nitrogen and oxygen atoms in total. The van der Waals surface area contributed by atoms with Crippen molar-refractivity contribution in [2.24, 2.45) is 0 Å². The van der Waals surface area contributed by atoms with Crippen LogP contribution >= 0.6 is 11.6 Å². The molecule has 1 N–H and O–H groups in total. The molecule has 0 radical (unpaired) electrons. The predicted octanol–water partition coefficient (Wildman–Crippen LogP) is 3.69. The number of hydrogen-bond donors (Lipinski definition) is 1. The van der Waals surface area contributed by atoms with Crippen LogP contribution in [0.5, 0.6) is 5.75 Å². The number of ether oxygens (including phenoxy) is 1. The minimum absolute atomic E-state index is 0.112. The molecule has 0 saturated heterocycles. The molecule has 0 saturated carbocycles. The first-order valence-electron chi connectivity index (χ1n) is 5.95. The summed E-state index contributed by atoms with van der Waals surface area (Å²) in [6.45, 7) is 4.78. The van der Waals surface area contributed by atoms with E-state index >= 15 is 0 Å². The van der Waals surface area contributed by atoms with E-state index in [9.17, 15) is 4.39 Å². The Hall–Kier alpha value is -0.800. The normalized spacial score (nSPS) is 19.7. The Morgan fingerprint density at radius 2 is 2.24 bits per heavy atom. The lowest BCUT2D eigenvalue weighted by Crippen LogP contribution is -2.28. The van der Waals surface area contributed by atoms with Crippen LogP contribution in [0.15, 0.2) is 12.1 Å². The maximum absolute atomic E-state index is 13.4. The lowest BCUT2D eigenvalue weighted by Gasteiger charge is -2.21. The molecule has 0 aliphatic carbocycles. The van der Waals surface area contributed by atoms with E-state index in [0.717, 1.165) is 18.4 Å². The van der Waals surface area contributed by atoms with Crippen LogP contribution in [-0.2, 0) is 0 Å². The van der Waals surface area contributed by atoms with Gasteiger partial charge in [-0.1, -0.05) is 25.4 Å². The van der Waals surface area contributed by atoms with Gasteiger partial charge >= 0.3 is 0 Å². The zero-order valence-electron chi connectivity index (χ0n) is 10.1. The lowest BCUT2D eigenvalue weighted by molar-refractivity contribution is 0.314. The average Bonchev–Trinajstić information content (AvgIpc) is 2.41. The van der Waals surface area contributed by atoms with Crippen molar-refractivity contribution in [3.8, 4) is 5.75 Å². The Morgan fingerprint density at radius 3 is 2.94 bits per heavy atom. The van der Waals surface area contributed by atoms with Gasteiger partial charge in [0.15, 0.2) is 0 Å². The second-order valence-corrected chi connectivity index (χ2v) is 5.08. The van der Waals surface area contributed by atoms with Gasteiger partial charge in [-0.25, -0.2) is 4.39 Å². The average molecular weight is 258 g/mol. The standard InChI is InChI=1S/C13H17ClFNO/c1-8(2)16-12-4-3-5-17-13-10(12)6-9(15)7-11(13)14/h6-8,12,16H,3-5H2,1-2H3. The molecule has 0 spiro atoms. The molecule has 94 valence electrons. The number of rotatable bonds is 2. The van der Waals surface area contributed by atoms with Crippen LogP contribution in [0, 0.1) is 5.82 Å². The third kappa shape index (κ3) is 2.90. The van der Waals surface area contributed by atoms with E-state index in [-0.39, 0.29) is 11.9 Å². The number of halogens is 2. The van der Waals surface area contributed by atoms with Crippen molar-refractivity contribution in [1.82, 2.24) is 5.32 Å². The Morgan fingerprint density at radius 1 is 1.47 bits per heavy atom. The van der Waals surface area contributed by atoms with Crippen molar-refractivity contribution in [1.29, 1.82) is 0 Å². The van der Waals surface area contributed by atoms with Gasteiger partial charge in [-0.3, -0.25) is 0 Å². The molecule has 1 aromatic carbocycles. The molecule has 1 heterocycles. The molecular formula is C13H17ClFNO. The van der Waals surface area contributed by atoms with Gasteiger partial charge in [-0.2, -0.15) is 0 Å². The summed E-state index contributed by atoms with van der Waals surface area (Å²) < 4.78 is 19.0. The molecule has 4 heteroatoms. The minimum Gasteiger partial charge on any atom is -0.492 e. The molecule has 17 heavy (non-hydrogen) atoms. The second-order valence-electron chi connectivity index (χ2n) is 4.67. The Balaban J connectivity index is 2.40. The summed E-state index contributed by atoms with van der Waals surface area (Å²) >= 11 is 6.03. The zero-order chi connectivity index (χ0) is 12.4. The summed E-state index contributed by atoms with van der Waals surface area (Å²) in [5, 5.41) is 3.79. The van der Waals surface area contributed by atoms with Gasteiger partial charge in [-0.05, 0) is 25.0 Å². The van der Waals surface area contributed by atoms with E-state index in [0.29, 0.717) is 23.4 Å². The SMILES string of the molecule is CC(C)NC1CCCOc2c(Cl)cc(F)cc21. The molecular weight excluding hydrogens is 241 g/mol. The minimum atomic E-state index is -0.310. The van der Waals surface area contributed by atoms with Crippen molar-refractivity contribution in [3.05, 3.63) is 28.5 Å². The molecule has 0 aromatic heterocycles. The van der Waals surface area contributed by atoms with Crippen LogP contribution in [0.25, 0.3) is 0 Å². The highest BCUT2D eigenvalue weighted by Crippen LogP contribution is 2.37. The molecule has 1 aliphatic rings. The molecule has 1 aromatic rings. The van der Waals surface area contributed by atoms with E-state index < -0.39 is 0 Å². The fourth-order valence-electron chi connectivity index (χ4n) is 2.18. The molecule has 1 atom stereocenters. The maximum Gasteiger partial charge on any atom is 0.142 e. The number of nitrogens with one attached hydrogen (secondary N) is 1. The van der Waals surface area contributed by atoms with Gasteiger partial charge in [0, 0.05) is 17.6 Å². The van der Waals surface area contributed by atoms with Crippen molar-refractivity contribution >= 4 is 11.6 Å². The summed E-state index contributed by atoms with van der Waals surface area (Å²) in [5.74, 6) is 0.318. The molecule has 2 rings (SSSR count). The summed E-state index contributed by atoms with van der Waals surface area (Å²) in [6.07, 6.45) is 1.88. The smallest absolute Gasteiger partial charge is 0.142 e. The summed E-state index contributed by atoms with van der Waals surface area (Å²) in [5.41, 5.74) is 0.834. The molecule has 1 unspecified atom stereocenters. The van der Waals surface area contributed by atoms with Crippen molar-refractivity contribution in [2.75, 3.05) is 6.61 Å². The first-order valence-corrected chi connectivity index (χ1v) is 6.33. The van der Waals surface area contributed by atoms with Crippen LogP contribution < -0.4 is 10.1 Å². The van der Waals surface area contributed by atoms with Gasteiger partial charge in [0.2, 0.25) is 0 Å². The van der Waals surface area contributed by atoms with Gasteiger partial charge in [0.05, 0.1) is 11.6 Å². The fourth-order valence-corrected chi connectivity index (χ4v) is 2.45. The monoisotopic (exact) mass is 257 g/mol. The highest BCUT2D eigenvalue weighted by atomic mass is 35.5. The first-order chi connectivity index (χ1) is 8.08. The molecule has 0 fully saturated rings. The molecule has 0 bridgehead atoms. The third-order valence-electron chi connectivity index (χ3n) is 2.83. The van der Waals surface area contributed by atoms with E-state index in [4.69, 9.17) is 16.3 Å². The zero-order valence-corrected chi connectivity index (χ0v) is 10.9. The highest BCUT2D eigenvalue weighted by molar-refractivity contribution is 6.32. The topological polar surface area (TPSA) is 21.3 Å². The van der Waals surface area contributed by atoms with Crippen molar-refractivity contribution < 1.29 is 9.13 Å². The van der Waals surface area contributed by atoms with Crippen LogP contribution in [0.1, 0.15) is 38.3 Å². The van der Waals surface area contributed by atoms with Gasteiger partial charge in [-0.15, -0.1) is 0 Å². The summed E-state index contributed by atoms with van der Waals surface area (Å²) in [4.78, 5) is 0. The van der Waals surface area contributed by atoms with E-state index in [1.807, 2.05) is 0 Å². The van der Waals surface area contributed by atoms with E-state index in [2.05, 4.69) is 19.2 Å². The van der Waals surface area contributed by atoms with Crippen molar-refractivity contribution in [2.45, 2.75) is 38.8 Å². The van der Waals surface area contributed by atoms with E-state index in [1.54, 1.807) is 0 Å². The number of hydrogen-bond acceptors (Lipinski definition) is 2. The Bertz CT molecular complexity index is 409. The molecule has 1 aliphatic heterocycles. The van der Waals surface area contributed by atoms with Crippen LogP contribution in [0.3, 0.4) is 0 Å². The second kappa shape index (κ2) is 5.23. The molecule has 0 amide bonds. The third-order valence-corrected chi connectivity index (χ3v) is 3.11. The Kier molecular flexibility index (Phi) is 3.89. The fraction of sp³-hybridized carbons (Fsp3) is 0.538. The lowest BCUT2D eigenvalue weighted by atomic mass is 10.0. The summed E-state index contributed by atoms with van der Waals surface area (Å²) in [6, 6.07) is 3.28. The first kappa shape index (κ1) is 12.7. The maximum atomic E-state index is 13.4. The highest BCUT2D eigenvalue weighted by Gasteiger charge is 2.23. The van der Waals surface area contributed by atoms with Crippen LogP contribution in [0.2, 0.25) is 5.02 Å². The van der Waals surface area contributed by atoms with Gasteiger partial charge in [0.1, 0.15) is 11.6 Å². The summed E-state index contributed by atoms with van der Waals surface area (Å²) in [7, 11) is 0. The van der Waals surface area contributed by atoms with Gasteiger partial charge < -0.3 is 10.1 Å².